The van der Waals surface area contributed by atoms with Crippen LogP contribution in [0.3, 0.4) is 0 Å². The Morgan fingerprint density at radius 3 is 2.56 bits per heavy atom. The molecule has 0 spiro atoms. The topological polar surface area (TPSA) is 84.2 Å². The summed E-state index contributed by atoms with van der Waals surface area (Å²) >= 11 is 0. The van der Waals surface area contributed by atoms with E-state index in [0.717, 1.165) is 12.6 Å². The molecule has 102 valence electrons. The van der Waals surface area contributed by atoms with Crippen LogP contribution in [-0.4, -0.2) is 28.6 Å². The first-order valence-electron chi connectivity index (χ1n) is 5.55. The molecule has 0 saturated carbocycles. The van der Waals surface area contributed by atoms with Crippen molar-refractivity contribution in [3.05, 3.63) is 24.0 Å². The van der Waals surface area contributed by atoms with Gasteiger partial charge in [0.25, 0.3) is 0 Å². The van der Waals surface area contributed by atoms with Crippen molar-refractivity contribution in [3.63, 3.8) is 0 Å². The van der Waals surface area contributed by atoms with Crippen LogP contribution in [0, 0.1) is 11.7 Å². The Balaban J connectivity index is 2.75. The van der Waals surface area contributed by atoms with Crippen molar-refractivity contribution in [3.8, 4) is 0 Å². The minimum Gasteiger partial charge on any atom is -0.382 e. The van der Waals surface area contributed by atoms with Gasteiger partial charge in [0.15, 0.2) is 0 Å². The highest BCUT2D eigenvalue weighted by atomic mass is 32.2. The van der Waals surface area contributed by atoms with Gasteiger partial charge < -0.3 is 10.6 Å². The number of halogens is 1. The van der Waals surface area contributed by atoms with Gasteiger partial charge in [-0.25, -0.2) is 17.9 Å². The number of nitrogens with two attached hydrogens (primary N) is 1. The number of sulfonamides is 1. The number of rotatable bonds is 6. The van der Waals surface area contributed by atoms with E-state index in [1.54, 1.807) is 0 Å². The lowest BCUT2D eigenvalue weighted by molar-refractivity contribution is 0.564. The van der Waals surface area contributed by atoms with E-state index in [0.29, 0.717) is 12.5 Å². The summed E-state index contributed by atoms with van der Waals surface area (Å²) in [5.74, 6) is -0.300. The highest BCUT2D eigenvalue weighted by molar-refractivity contribution is 7.89. The second-order valence-electron chi connectivity index (χ2n) is 4.23. The largest absolute Gasteiger partial charge is 0.382 e. The number of nitrogens with one attached hydrogen (secondary N) is 2. The molecule has 7 heteroatoms. The van der Waals surface area contributed by atoms with Gasteiger partial charge in [-0.15, -0.1) is 0 Å². The van der Waals surface area contributed by atoms with Crippen LogP contribution in [0.5, 0.6) is 0 Å². The van der Waals surface area contributed by atoms with Gasteiger partial charge in [-0.1, -0.05) is 6.92 Å². The van der Waals surface area contributed by atoms with Crippen LogP contribution in [0.1, 0.15) is 6.92 Å². The van der Waals surface area contributed by atoms with Crippen molar-refractivity contribution >= 4 is 15.7 Å². The van der Waals surface area contributed by atoms with Gasteiger partial charge >= 0.3 is 0 Å². The van der Waals surface area contributed by atoms with Crippen LogP contribution in [0.25, 0.3) is 0 Å². The first kappa shape index (κ1) is 14.9. The van der Waals surface area contributed by atoms with Crippen LogP contribution in [0.15, 0.2) is 23.1 Å². The van der Waals surface area contributed by atoms with Crippen molar-refractivity contribution < 1.29 is 12.8 Å². The zero-order chi connectivity index (χ0) is 13.8. The fourth-order valence-corrected chi connectivity index (χ4v) is 2.05. The minimum atomic E-state index is -3.86. The Morgan fingerprint density at radius 1 is 1.39 bits per heavy atom. The number of primary sulfonamides is 1. The van der Waals surface area contributed by atoms with Gasteiger partial charge in [0.1, 0.15) is 5.82 Å². The van der Waals surface area contributed by atoms with E-state index in [2.05, 4.69) is 10.6 Å². The number of hydrogen-bond acceptors (Lipinski definition) is 4. The maximum atomic E-state index is 13.6. The third-order valence-corrected chi connectivity index (χ3v) is 3.37. The van der Waals surface area contributed by atoms with E-state index in [-0.39, 0.29) is 10.6 Å². The van der Waals surface area contributed by atoms with E-state index in [1.807, 2.05) is 14.0 Å². The molecule has 1 aromatic carbocycles. The molecule has 1 rings (SSSR count). The van der Waals surface area contributed by atoms with E-state index in [4.69, 9.17) is 5.14 Å². The molecule has 1 unspecified atom stereocenters. The fraction of sp³-hybridized carbons (Fsp3) is 0.455. The molecule has 0 saturated heterocycles. The van der Waals surface area contributed by atoms with Gasteiger partial charge in [-0.2, -0.15) is 0 Å². The molecule has 0 amide bonds. The first-order chi connectivity index (χ1) is 8.34. The molecule has 18 heavy (non-hydrogen) atoms. The summed E-state index contributed by atoms with van der Waals surface area (Å²) in [6.45, 7) is 3.41. The Labute approximate surface area is 107 Å². The molecule has 0 radical (unpaired) electrons. The predicted molar refractivity (Wildman–Crippen MR) is 69.4 cm³/mol. The lowest BCUT2D eigenvalue weighted by Crippen LogP contribution is -2.23. The average molecular weight is 275 g/mol. The smallest absolute Gasteiger partial charge is 0.238 e. The van der Waals surface area contributed by atoms with Crippen molar-refractivity contribution in [2.24, 2.45) is 11.1 Å². The molecule has 0 aromatic heterocycles. The summed E-state index contributed by atoms with van der Waals surface area (Å²) in [5.41, 5.74) is 0.269. The Bertz CT molecular complexity index is 505. The Hall–Kier alpha value is -1.18. The molecule has 0 aliphatic heterocycles. The summed E-state index contributed by atoms with van der Waals surface area (Å²) in [6.07, 6.45) is 0. The monoisotopic (exact) mass is 275 g/mol. The zero-order valence-electron chi connectivity index (χ0n) is 10.4. The standard InChI is InChI=1S/C11H18FN3O2S/c1-8(6-14-2)7-15-11-4-3-9(5-10(11)12)18(13,16)17/h3-5,8,14-15H,6-7H2,1-2H3,(H2,13,16,17). The molecule has 1 aromatic rings. The number of anilines is 1. The first-order valence-corrected chi connectivity index (χ1v) is 7.10. The summed E-state index contributed by atoms with van der Waals surface area (Å²) in [5, 5.41) is 10.9. The maximum Gasteiger partial charge on any atom is 0.238 e. The van der Waals surface area contributed by atoms with E-state index >= 15 is 0 Å². The van der Waals surface area contributed by atoms with E-state index in [9.17, 15) is 12.8 Å². The van der Waals surface area contributed by atoms with Crippen molar-refractivity contribution in [1.82, 2.24) is 5.32 Å². The van der Waals surface area contributed by atoms with Gasteiger partial charge in [0.2, 0.25) is 10.0 Å². The average Bonchev–Trinajstić information content (AvgIpc) is 2.26. The maximum absolute atomic E-state index is 13.6. The zero-order valence-corrected chi connectivity index (χ0v) is 11.2. The molecule has 0 aliphatic rings. The molecular weight excluding hydrogens is 257 g/mol. The minimum absolute atomic E-state index is 0.228. The van der Waals surface area contributed by atoms with E-state index < -0.39 is 15.8 Å². The second-order valence-corrected chi connectivity index (χ2v) is 5.79. The number of hydrogen-bond donors (Lipinski definition) is 3. The highest BCUT2D eigenvalue weighted by Gasteiger charge is 2.11. The van der Waals surface area contributed by atoms with Crippen molar-refractivity contribution in [1.29, 1.82) is 0 Å². The van der Waals surface area contributed by atoms with Crippen LogP contribution >= 0.6 is 0 Å². The molecule has 0 bridgehead atoms. The quantitative estimate of drug-likeness (QED) is 0.715. The fourth-order valence-electron chi connectivity index (χ4n) is 1.52. The van der Waals surface area contributed by atoms with Gasteiger partial charge in [-0.3, -0.25) is 0 Å². The van der Waals surface area contributed by atoms with Crippen LogP contribution in [-0.2, 0) is 10.0 Å². The second kappa shape index (κ2) is 6.12. The normalized spacial score (nSPS) is 13.3. The molecule has 5 nitrogen and oxygen atoms in total. The lowest BCUT2D eigenvalue weighted by atomic mass is 10.2. The van der Waals surface area contributed by atoms with Crippen molar-refractivity contribution in [2.45, 2.75) is 11.8 Å². The van der Waals surface area contributed by atoms with Gasteiger partial charge in [0, 0.05) is 6.54 Å². The summed E-state index contributed by atoms with van der Waals surface area (Å²) in [7, 11) is -2.01. The third-order valence-electron chi connectivity index (χ3n) is 2.46. The SMILES string of the molecule is CNCC(C)CNc1ccc(S(N)(=O)=O)cc1F. The Morgan fingerprint density at radius 2 is 2.06 bits per heavy atom. The lowest BCUT2D eigenvalue weighted by Gasteiger charge is -2.13. The molecule has 0 fully saturated rings. The molecular formula is C11H18FN3O2S. The van der Waals surface area contributed by atoms with Gasteiger partial charge in [-0.05, 0) is 37.7 Å². The predicted octanol–water partition coefficient (Wildman–Crippen LogP) is 0.741. The summed E-state index contributed by atoms with van der Waals surface area (Å²) in [4.78, 5) is -0.228. The number of benzene rings is 1. The third kappa shape index (κ3) is 4.25. The van der Waals surface area contributed by atoms with Crippen molar-refractivity contribution in [2.75, 3.05) is 25.5 Å². The molecule has 4 N–H and O–H groups in total. The molecule has 1 atom stereocenters. The van der Waals surface area contributed by atoms with Gasteiger partial charge in [0.05, 0.1) is 10.6 Å². The molecule has 0 aliphatic carbocycles. The highest BCUT2D eigenvalue weighted by Crippen LogP contribution is 2.18. The summed E-state index contributed by atoms with van der Waals surface area (Å²) in [6, 6.07) is 3.57. The Kier molecular flexibility index (Phi) is 5.06. The van der Waals surface area contributed by atoms with Crippen LogP contribution in [0.2, 0.25) is 0 Å². The molecule has 0 heterocycles. The van der Waals surface area contributed by atoms with Crippen LogP contribution in [0.4, 0.5) is 10.1 Å². The summed E-state index contributed by atoms with van der Waals surface area (Å²) < 4.78 is 35.7. The van der Waals surface area contributed by atoms with Crippen LogP contribution < -0.4 is 15.8 Å². The van der Waals surface area contributed by atoms with E-state index in [1.165, 1.54) is 12.1 Å².